The van der Waals surface area contributed by atoms with Gasteiger partial charge in [-0.2, -0.15) is 0 Å². The van der Waals surface area contributed by atoms with Gasteiger partial charge in [0.25, 0.3) is 5.91 Å². The Labute approximate surface area is 164 Å². The maximum Gasteiger partial charge on any atom is 0.316 e. The van der Waals surface area contributed by atoms with Crippen LogP contribution in [0.15, 0.2) is 36.4 Å². The lowest BCUT2D eigenvalue weighted by Crippen LogP contribution is -2.38. The molecule has 0 aliphatic heterocycles. The molecule has 0 aliphatic carbocycles. The first-order valence-corrected chi connectivity index (χ1v) is 8.62. The largest absolute Gasteiger partial charge is 0.351 e. The van der Waals surface area contributed by atoms with E-state index in [-0.39, 0.29) is 12.1 Å². The number of benzene rings is 2. The molecule has 2 aromatic rings. The maximum atomic E-state index is 13.7. The summed E-state index contributed by atoms with van der Waals surface area (Å²) in [6.45, 7) is 1.60. The summed E-state index contributed by atoms with van der Waals surface area (Å²) in [6.07, 6.45) is 0.542. The first-order chi connectivity index (χ1) is 13.7. The molecule has 2 rings (SSSR count). The molecule has 7 nitrogen and oxygen atoms in total. The lowest BCUT2D eigenvalue weighted by molar-refractivity contribution is -0.116. The predicted octanol–water partition coefficient (Wildman–Crippen LogP) is 3.09. The molecule has 0 unspecified atom stereocenters. The number of carbonyl (C=O) groups is 3. The molecule has 0 atom stereocenters. The van der Waals surface area contributed by atoms with Gasteiger partial charge in [0, 0.05) is 17.8 Å². The molecule has 0 aromatic heterocycles. The summed E-state index contributed by atoms with van der Waals surface area (Å²) < 4.78 is 40.0. The van der Waals surface area contributed by atoms with Crippen molar-refractivity contribution in [2.75, 3.05) is 23.7 Å². The molecule has 0 bridgehead atoms. The minimum atomic E-state index is -1.70. The maximum absolute atomic E-state index is 13.7. The zero-order chi connectivity index (χ0) is 21.6. The Hall–Kier alpha value is -3.56. The molecule has 0 saturated heterocycles. The Kier molecular flexibility index (Phi) is 7.18. The number of hydrogen-bond acceptors (Lipinski definition) is 3. The SMILES string of the molecule is CCCN(CC(=O)Nc1ccc(F)c(F)c1F)C(=O)c1ccc(NC(N)=O)cc1. The van der Waals surface area contributed by atoms with Gasteiger partial charge in [0.1, 0.15) is 6.54 Å². The lowest BCUT2D eigenvalue weighted by Gasteiger charge is -2.22. The Bertz CT molecular complexity index is 920. The van der Waals surface area contributed by atoms with E-state index < -0.39 is 47.5 Å². The fourth-order valence-corrected chi connectivity index (χ4v) is 2.53. The standard InChI is InChI=1S/C19H19F3N4O3/c1-2-9-26(18(28)11-3-5-12(6-4-11)24-19(23)29)10-15(27)25-14-8-7-13(20)16(21)17(14)22/h3-8H,2,9-10H2,1H3,(H,25,27)(H3,23,24,29). The van der Waals surface area contributed by atoms with Crippen LogP contribution in [-0.2, 0) is 4.79 Å². The summed E-state index contributed by atoms with van der Waals surface area (Å²) in [5, 5.41) is 4.48. The van der Waals surface area contributed by atoms with Gasteiger partial charge < -0.3 is 21.3 Å². The highest BCUT2D eigenvalue weighted by atomic mass is 19.2. The van der Waals surface area contributed by atoms with E-state index in [4.69, 9.17) is 5.73 Å². The molecule has 0 radical (unpaired) electrons. The fourth-order valence-electron chi connectivity index (χ4n) is 2.53. The van der Waals surface area contributed by atoms with Crippen LogP contribution in [0.3, 0.4) is 0 Å². The van der Waals surface area contributed by atoms with Crippen molar-refractivity contribution in [3.05, 3.63) is 59.4 Å². The van der Waals surface area contributed by atoms with Crippen molar-refractivity contribution in [1.29, 1.82) is 0 Å². The zero-order valence-corrected chi connectivity index (χ0v) is 15.5. The number of carbonyl (C=O) groups excluding carboxylic acids is 3. The fraction of sp³-hybridized carbons (Fsp3) is 0.211. The summed E-state index contributed by atoms with van der Waals surface area (Å²) >= 11 is 0. The second-order valence-corrected chi connectivity index (χ2v) is 6.06. The third-order valence-electron chi connectivity index (χ3n) is 3.82. The van der Waals surface area contributed by atoms with Crippen molar-refractivity contribution < 1.29 is 27.6 Å². The third-order valence-corrected chi connectivity index (χ3v) is 3.82. The number of anilines is 2. The van der Waals surface area contributed by atoms with Gasteiger partial charge >= 0.3 is 6.03 Å². The van der Waals surface area contributed by atoms with E-state index in [1.807, 2.05) is 0 Å². The predicted molar refractivity (Wildman–Crippen MR) is 101 cm³/mol. The van der Waals surface area contributed by atoms with E-state index in [1.165, 1.54) is 29.2 Å². The highest BCUT2D eigenvalue weighted by Crippen LogP contribution is 2.19. The smallest absolute Gasteiger partial charge is 0.316 e. The van der Waals surface area contributed by atoms with E-state index in [9.17, 15) is 27.6 Å². The number of nitrogens with one attached hydrogen (secondary N) is 2. The van der Waals surface area contributed by atoms with Crippen molar-refractivity contribution in [2.45, 2.75) is 13.3 Å². The monoisotopic (exact) mass is 408 g/mol. The molecule has 0 heterocycles. The Morgan fingerprint density at radius 1 is 0.966 bits per heavy atom. The zero-order valence-electron chi connectivity index (χ0n) is 15.5. The Morgan fingerprint density at radius 3 is 2.21 bits per heavy atom. The second kappa shape index (κ2) is 9.58. The number of primary amides is 1. The lowest BCUT2D eigenvalue weighted by atomic mass is 10.1. The molecule has 0 spiro atoms. The van der Waals surface area contributed by atoms with Crippen molar-refractivity contribution in [3.8, 4) is 0 Å². The molecule has 0 aliphatic rings. The third kappa shape index (κ3) is 5.71. The molecule has 4 amide bonds. The van der Waals surface area contributed by atoms with Gasteiger partial charge in [-0.1, -0.05) is 6.92 Å². The van der Waals surface area contributed by atoms with Crippen molar-refractivity contribution in [3.63, 3.8) is 0 Å². The van der Waals surface area contributed by atoms with Gasteiger partial charge in [0.15, 0.2) is 17.5 Å². The highest BCUT2D eigenvalue weighted by molar-refractivity contribution is 5.99. The van der Waals surface area contributed by atoms with Crippen LogP contribution in [0, 0.1) is 17.5 Å². The van der Waals surface area contributed by atoms with E-state index in [2.05, 4.69) is 10.6 Å². The Morgan fingerprint density at radius 2 is 1.62 bits per heavy atom. The summed E-state index contributed by atoms with van der Waals surface area (Å²) in [4.78, 5) is 36.9. The van der Waals surface area contributed by atoms with Crippen LogP contribution < -0.4 is 16.4 Å². The number of nitrogens with zero attached hydrogens (tertiary/aromatic N) is 1. The van der Waals surface area contributed by atoms with Gasteiger partial charge in [0.2, 0.25) is 5.91 Å². The summed E-state index contributed by atoms with van der Waals surface area (Å²) in [6, 6.07) is 6.66. The molecular weight excluding hydrogens is 389 g/mol. The molecular formula is C19H19F3N4O3. The van der Waals surface area contributed by atoms with Crippen molar-refractivity contribution in [1.82, 2.24) is 4.90 Å². The molecule has 4 N–H and O–H groups in total. The average molecular weight is 408 g/mol. The number of nitrogens with two attached hydrogens (primary N) is 1. The number of halogens is 3. The van der Waals surface area contributed by atoms with Crippen LogP contribution in [0.5, 0.6) is 0 Å². The van der Waals surface area contributed by atoms with E-state index >= 15 is 0 Å². The van der Waals surface area contributed by atoms with Crippen LogP contribution in [0.25, 0.3) is 0 Å². The quantitative estimate of drug-likeness (QED) is 0.613. The van der Waals surface area contributed by atoms with E-state index in [1.54, 1.807) is 6.92 Å². The normalized spacial score (nSPS) is 10.3. The number of urea groups is 1. The summed E-state index contributed by atoms with van der Waals surface area (Å²) in [7, 11) is 0. The topological polar surface area (TPSA) is 105 Å². The molecule has 29 heavy (non-hydrogen) atoms. The molecule has 10 heteroatoms. The minimum absolute atomic E-state index is 0.230. The number of amides is 4. The van der Waals surface area contributed by atoms with Crippen LogP contribution in [-0.4, -0.2) is 35.8 Å². The Balaban J connectivity index is 2.10. The van der Waals surface area contributed by atoms with Crippen LogP contribution in [0.4, 0.5) is 29.3 Å². The van der Waals surface area contributed by atoms with Crippen LogP contribution in [0.1, 0.15) is 23.7 Å². The molecule has 2 aromatic carbocycles. The minimum Gasteiger partial charge on any atom is -0.351 e. The van der Waals surface area contributed by atoms with Crippen molar-refractivity contribution in [2.24, 2.45) is 5.73 Å². The number of rotatable bonds is 7. The highest BCUT2D eigenvalue weighted by Gasteiger charge is 2.20. The van der Waals surface area contributed by atoms with Crippen LogP contribution in [0.2, 0.25) is 0 Å². The first-order valence-electron chi connectivity index (χ1n) is 8.62. The first kappa shape index (κ1) is 21.7. The summed E-state index contributed by atoms with van der Waals surface area (Å²) in [5.41, 5.74) is 5.13. The van der Waals surface area contributed by atoms with E-state index in [0.717, 1.165) is 6.07 Å². The van der Waals surface area contributed by atoms with Crippen LogP contribution >= 0.6 is 0 Å². The average Bonchev–Trinajstić information content (AvgIpc) is 2.68. The molecule has 154 valence electrons. The second-order valence-electron chi connectivity index (χ2n) is 6.06. The molecule has 0 saturated carbocycles. The summed E-state index contributed by atoms with van der Waals surface area (Å²) in [5.74, 6) is -5.85. The van der Waals surface area contributed by atoms with Crippen molar-refractivity contribution >= 4 is 29.2 Å². The van der Waals surface area contributed by atoms with Gasteiger partial charge in [-0.05, 0) is 42.8 Å². The van der Waals surface area contributed by atoms with Gasteiger partial charge in [-0.3, -0.25) is 9.59 Å². The van der Waals surface area contributed by atoms with Gasteiger partial charge in [-0.15, -0.1) is 0 Å². The van der Waals surface area contributed by atoms with Gasteiger partial charge in [-0.25, -0.2) is 18.0 Å². The molecule has 0 fully saturated rings. The number of hydrogen-bond donors (Lipinski definition) is 3. The van der Waals surface area contributed by atoms with Gasteiger partial charge in [0.05, 0.1) is 5.69 Å². The van der Waals surface area contributed by atoms with E-state index in [0.29, 0.717) is 18.2 Å².